The summed E-state index contributed by atoms with van der Waals surface area (Å²) in [5.74, 6) is 0.992. The van der Waals surface area contributed by atoms with Gasteiger partial charge in [0.2, 0.25) is 0 Å². The Kier molecular flexibility index (Phi) is 4.77. The molecule has 2 rings (SSSR count). The predicted octanol–water partition coefficient (Wildman–Crippen LogP) is 1.52. The van der Waals surface area contributed by atoms with E-state index in [-0.39, 0.29) is 17.3 Å². The molecule has 21 heavy (non-hydrogen) atoms. The fraction of sp³-hybridized carbons (Fsp3) is 0.467. The zero-order chi connectivity index (χ0) is 15.5. The van der Waals surface area contributed by atoms with Gasteiger partial charge in [0.05, 0.1) is 0 Å². The summed E-state index contributed by atoms with van der Waals surface area (Å²) in [4.78, 5) is 25.0. The third-order valence-electron chi connectivity index (χ3n) is 3.20. The summed E-state index contributed by atoms with van der Waals surface area (Å²) in [6.07, 6.45) is 0. The van der Waals surface area contributed by atoms with Crippen LogP contribution in [0, 0.1) is 0 Å². The lowest BCUT2D eigenvalue weighted by molar-refractivity contribution is -0.119. The number of benzene rings is 1. The molecule has 6 heteroatoms. The van der Waals surface area contributed by atoms with E-state index in [1.807, 2.05) is 16.7 Å². The maximum Gasteiger partial charge on any atom is 0.255 e. The highest BCUT2D eigenvalue weighted by Gasteiger charge is 2.30. The average molecular weight is 308 g/mol. The van der Waals surface area contributed by atoms with Crippen molar-refractivity contribution in [3.63, 3.8) is 0 Å². The molecule has 1 saturated heterocycles. The lowest BCUT2D eigenvalue weighted by atomic mass is 10.1. The number of nitrogens with two attached hydrogens (primary N) is 1. The first-order valence-corrected chi connectivity index (χ1v) is 7.80. The fourth-order valence-electron chi connectivity index (χ4n) is 2.22. The van der Waals surface area contributed by atoms with Crippen molar-refractivity contribution in [1.29, 1.82) is 0 Å². The van der Waals surface area contributed by atoms with Crippen molar-refractivity contribution in [1.82, 2.24) is 4.90 Å². The van der Waals surface area contributed by atoms with Gasteiger partial charge in [0.25, 0.3) is 11.8 Å². The maximum absolute atomic E-state index is 12.5. The number of hydrogen-bond donors (Lipinski definition) is 1. The van der Waals surface area contributed by atoms with E-state index in [4.69, 9.17) is 10.5 Å². The molecule has 0 unspecified atom stereocenters. The van der Waals surface area contributed by atoms with Crippen LogP contribution in [-0.4, -0.2) is 46.9 Å². The quantitative estimate of drug-likeness (QED) is 0.915. The number of nitrogens with zero attached hydrogens (tertiary/aromatic N) is 1. The van der Waals surface area contributed by atoms with Crippen molar-refractivity contribution in [3.05, 3.63) is 29.8 Å². The Labute approximate surface area is 128 Å². The van der Waals surface area contributed by atoms with E-state index in [1.165, 1.54) is 0 Å². The van der Waals surface area contributed by atoms with E-state index in [0.717, 1.165) is 18.8 Å². The lowest BCUT2D eigenvalue weighted by Gasteiger charge is -2.37. The van der Waals surface area contributed by atoms with Crippen molar-refractivity contribution in [2.75, 3.05) is 25.4 Å². The summed E-state index contributed by atoms with van der Waals surface area (Å²) in [5, 5.41) is 0. The van der Waals surface area contributed by atoms with Crippen LogP contribution in [0.3, 0.4) is 0 Å². The first kappa shape index (κ1) is 15.7. The van der Waals surface area contributed by atoms with E-state index >= 15 is 0 Å². The minimum atomic E-state index is -0.525. The molecule has 0 bridgehead atoms. The van der Waals surface area contributed by atoms with Crippen LogP contribution in [0.25, 0.3) is 0 Å². The number of ether oxygens (including phenoxy) is 1. The highest BCUT2D eigenvalue weighted by atomic mass is 32.2. The molecular formula is C15H20N2O3S. The van der Waals surface area contributed by atoms with Crippen LogP contribution >= 0.6 is 11.8 Å². The molecule has 1 heterocycles. The van der Waals surface area contributed by atoms with Crippen molar-refractivity contribution in [2.24, 2.45) is 5.73 Å². The van der Waals surface area contributed by atoms with E-state index in [1.54, 1.807) is 24.3 Å². The molecule has 5 nitrogen and oxygen atoms in total. The Morgan fingerprint density at radius 3 is 2.57 bits per heavy atom. The second-order valence-corrected chi connectivity index (χ2v) is 7.42. The Balaban J connectivity index is 2.01. The van der Waals surface area contributed by atoms with Gasteiger partial charge < -0.3 is 15.4 Å². The van der Waals surface area contributed by atoms with Crippen LogP contribution in [0.15, 0.2) is 24.3 Å². The molecule has 0 saturated carbocycles. The Bertz CT molecular complexity index is 528. The molecule has 0 spiro atoms. The molecule has 2 amide bonds. The summed E-state index contributed by atoms with van der Waals surface area (Å²) in [6.45, 7) is 5.66. The van der Waals surface area contributed by atoms with Crippen LogP contribution in [-0.2, 0) is 4.79 Å². The first-order valence-electron chi connectivity index (χ1n) is 6.82. The molecule has 1 aromatic rings. The SMILES string of the molecule is CC1(C)CN(C(=O)c2ccc(OCC(N)=O)cc2)CCS1. The van der Waals surface area contributed by atoms with E-state index in [9.17, 15) is 9.59 Å². The Morgan fingerprint density at radius 1 is 1.33 bits per heavy atom. The minimum Gasteiger partial charge on any atom is -0.484 e. The number of primary amides is 1. The summed E-state index contributed by atoms with van der Waals surface area (Å²) in [7, 11) is 0. The van der Waals surface area contributed by atoms with Crippen LogP contribution in [0.2, 0.25) is 0 Å². The van der Waals surface area contributed by atoms with Gasteiger partial charge in [-0.1, -0.05) is 0 Å². The standard InChI is InChI=1S/C15H20N2O3S/c1-15(2)10-17(7-8-21-15)14(19)11-3-5-12(6-4-11)20-9-13(16)18/h3-6H,7-10H2,1-2H3,(H2,16,18). The van der Waals surface area contributed by atoms with Crippen LogP contribution < -0.4 is 10.5 Å². The molecule has 1 aliphatic heterocycles. The topological polar surface area (TPSA) is 72.6 Å². The largest absolute Gasteiger partial charge is 0.484 e. The zero-order valence-electron chi connectivity index (χ0n) is 12.3. The smallest absolute Gasteiger partial charge is 0.255 e. The number of hydrogen-bond acceptors (Lipinski definition) is 4. The molecular weight excluding hydrogens is 288 g/mol. The highest BCUT2D eigenvalue weighted by molar-refractivity contribution is 8.00. The Morgan fingerprint density at radius 2 is 2.00 bits per heavy atom. The fourth-order valence-corrected chi connectivity index (χ4v) is 3.33. The van der Waals surface area contributed by atoms with Gasteiger partial charge >= 0.3 is 0 Å². The number of thioether (sulfide) groups is 1. The highest BCUT2D eigenvalue weighted by Crippen LogP contribution is 2.30. The van der Waals surface area contributed by atoms with Gasteiger partial charge in [-0.15, -0.1) is 0 Å². The van der Waals surface area contributed by atoms with Crippen molar-refractivity contribution < 1.29 is 14.3 Å². The van der Waals surface area contributed by atoms with Gasteiger partial charge in [0.1, 0.15) is 5.75 Å². The van der Waals surface area contributed by atoms with Gasteiger partial charge in [-0.3, -0.25) is 9.59 Å². The van der Waals surface area contributed by atoms with Gasteiger partial charge in [-0.25, -0.2) is 0 Å². The molecule has 1 aliphatic rings. The molecule has 0 atom stereocenters. The third-order valence-corrected chi connectivity index (χ3v) is 4.49. The number of amides is 2. The normalized spacial score (nSPS) is 17.3. The predicted molar refractivity (Wildman–Crippen MR) is 83.6 cm³/mol. The molecule has 0 radical (unpaired) electrons. The monoisotopic (exact) mass is 308 g/mol. The van der Waals surface area contributed by atoms with Crippen molar-refractivity contribution in [2.45, 2.75) is 18.6 Å². The van der Waals surface area contributed by atoms with Gasteiger partial charge in [0, 0.05) is 29.2 Å². The summed E-state index contributed by atoms with van der Waals surface area (Å²) < 4.78 is 5.27. The van der Waals surface area contributed by atoms with E-state index < -0.39 is 5.91 Å². The molecule has 0 aromatic heterocycles. The number of rotatable bonds is 4. The third kappa shape index (κ3) is 4.39. The molecule has 0 aliphatic carbocycles. The lowest BCUT2D eigenvalue weighted by Crippen LogP contribution is -2.46. The summed E-state index contributed by atoms with van der Waals surface area (Å²) >= 11 is 1.89. The average Bonchev–Trinajstić information content (AvgIpc) is 2.44. The van der Waals surface area contributed by atoms with Gasteiger partial charge in [-0.2, -0.15) is 11.8 Å². The maximum atomic E-state index is 12.5. The minimum absolute atomic E-state index is 0.0322. The second-order valence-electron chi connectivity index (χ2n) is 5.61. The summed E-state index contributed by atoms with van der Waals surface area (Å²) in [5.41, 5.74) is 5.64. The molecule has 114 valence electrons. The molecule has 1 aromatic carbocycles. The second kappa shape index (κ2) is 6.39. The number of carbonyl (C=O) groups is 2. The van der Waals surface area contributed by atoms with Crippen LogP contribution in [0.4, 0.5) is 0 Å². The summed E-state index contributed by atoms with van der Waals surface area (Å²) in [6, 6.07) is 6.79. The van der Waals surface area contributed by atoms with E-state index in [2.05, 4.69) is 13.8 Å². The Hall–Kier alpha value is -1.69. The molecule has 1 fully saturated rings. The van der Waals surface area contributed by atoms with Gasteiger partial charge in [-0.05, 0) is 38.1 Å². The number of carbonyl (C=O) groups excluding carboxylic acids is 2. The zero-order valence-corrected chi connectivity index (χ0v) is 13.1. The molecule has 2 N–H and O–H groups in total. The van der Waals surface area contributed by atoms with Crippen LogP contribution in [0.5, 0.6) is 5.75 Å². The van der Waals surface area contributed by atoms with Crippen LogP contribution in [0.1, 0.15) is 24.2 Å². The van der Waals surface area contributed by atoms with Crippen molar-refractivity contribution >= 4 is 23.6 Å². The van der Waals surface area contributed by atoms with Gasteiger partial charge in [0.15, 0.2) is 6.61 Å². The van der Waals surface area contributed by atoms with E-state index in [0.29, 0.717) is 11.3 Å². The van der Waals surface area contributed by atoms with Crippen molar-refractivity contribution in [3.8, 4) is 5.75 Å². The first-order chi connectivity index (χ1) is 9.87.